The number of rotatable bonds is 3. The van der Waals surface area contributed by atoms with Crippen LogP contribution >= 0.6 is 11.6 Å². The molecule has 0 saturated heterocycles. The van der Waals surface area contributed by atoms with Crippen LogP contribution in [0.1, 0.15) is 32.6 Å². The van der Waals surface area contributed by atoms with Crippen molar-refractivity contribution in [1.29, 1.82) is 0 Å². The van der Waals surface area contributed by atoms with E-state index in [0.29, 0.717) is 22.7 Å². The number of hydrogen-bond donors (Lipinski definition) is 0. The first-order valence-corrected chi connectivity index (χ1v) is 6.29. The largest absolute Gasteiger partial charge is 0.489 e. The summed E-state index contributed by atoms with van der Waals surface area (Å²) in [5.41, 5.74) is 0. The summed E-state index contributed by atoms with van der Waals surface area (Å²) in [6.45, 7) is 2.25. The molecule has 1 aliphatic carbocycles. The van der Waals surface area contributed by atoms with Gasteiger partial charge in [0.1, 0.15) is 12.4 Å². The number of ether oxygens (including phenoxy) is 2. The Kier molecular flexibility index (Phi) is 4.05. The molecule has 1 aliphatic rings. The first kappa shape index (κ1) is 12.4. The minimum absolute atomic E-state index is 0.207. The van der Waals surface area contributed by atoms with Gasteiger partial charge in [0.2, 0.25) is 5.75 Å². The third kappa shape index (κ3) is 3.00. The monoisotopic (exact) mass is 256 g/mol. The number of methoxy groups -OCH3 is 1. The van der Waals surface area contributed by atoms with Crippen molar-refractivity contribution < 1.29 is 9.47 Å². The maximum absolute atomic E-state index is 5.92. The van der Waals surface area contributed by atoms with Gasteiger partial charge in [-0.25, -0.2) is 4.98 Å². The molecule has 1 heterocycles. The summed E-state index contributed by atoms with van der Waals surface area (Å²) in [6, 6.07) is 0. The molecule has 0 amide bonds. The Morgan fingerprint density at radius 1 is 1.35 bits per heavy atom. The van der Waals surface area contributed by atoms with Gasteiger partial charge in [0.25, 0.3) is 5.88 Å². The molecule has 4 nitrogen and oxygen atoms in total. The number of nitrogens with zero attached hydrogens (tertiary/aromatic N) is 2. The predicted octanol–water partition coefficient (Wildman–Crippen LogP) is 3.10. The number of aromatic nitrogens is 2. The molecule has 17 heavy (non-hydrogen) atoms. The summed E-state index contributed by atoms with van der Waals surface area (Å²) >= 11 is 5.92. The SMILES string of the molecule is COc1c(Cl)ncnc1OC1CCCC(C)C1. The molecule has 0 spiro atoms. The molecule has 5 heteroatoms. The van der Waals surface area contributed by atoms with E-state index in [1.807, 2.05) is 0 Å². The summed E-state index contributed by atoms with van der Waals surface area (Å²) in [6.07, 6.45) is 6.21. The van der Waals surface area contributed by atoms with E-state index in [1.54, 1.807) is 7.11 Å². The third-order valence-electron chi connectivity index (χ3n) is 3.10. The average Bonchev–Trinajstić information content (AvgIpc) is 2.29. The van der Waals surface area contributed by atoms with E-state index in [1.165, 1.54) is 19.2 Å². The van der Waals surface area contributed by atoms with Gasteiger partial charge in [0.15, 0.2) is 5.15 Å². The second-order valence-electron chi connectivity index (χ2n) is 4.51. The summed E-state index contributed by atoms with van der Waals surface area (Å²) in [5, 5.41) is 0.293. The molecular formula is C12H17ClN2O2. The Morgan fingerprint density at radius 2 is 2.18 bits per heavy atom. The topological polar surface area (TPSA) is 44.2 Å². The smallest absolute Gasteiger partial charge is 0.262 e. The summed E-state index contributed by atoms with van der Waals surface area (Å²) in [7, 11) is 1.54. The Morgan fingerprint density at radius 3 is 2.88 bits per heavy atom. The van der Waals surface area contributed by atoms with Crippen LogP contribution in [-0.4, -0.2) is 23.2 Å². The molecule has 0 aromatic carbocycles. The lowest BCUT2D eigenvalue weighted by molar-refractivity contribution is 0.119. The molecule has 0 bridgehead atoms. The molecule has 94 valence electrons. The highest BCUT2D eigenvalue weighted by atomic mass is 35.5. The van der Waals surface area contributed by atoms with E-state index in [-0.39, 0.29) is 6.10 Å². The fraction of sp³-hybridized carbons (Fsp3) is 0.667. The van der Waals surface area contributed by atoms with Gasteiger partial charge < -0.3 is 9.47 Å². The van der Waals surface area contributed by atoms with Crippen molar-refractivity contribution in [2.45, 2.75) is 38.7 Å². The van der Waals surface area contributed by atoms with Gasteiger partial charge in [0.05, 0.1) is 7.11 Å². The van der Waals surface area contributed by atoms with E-state index < -0.39 is 0 Å². The molecule has 1 saturated carbocycles. The molecule has 1 aromatic rings. The Labute approximate surface area is 106 Å². The maximum Gasteiger partial charge on any atom is 0.262 e. The van der Waals surface area contributed by atoms with Crippen molar-refractivity contribution in [2.75, 3.05) is 7.11 Å². The zero-order chi connectivity index (χ0) is 12.3. The van der Waals surface area contributed by atoms with Crippen LogP contribution in [0.3, 0.4) is 0 Å². The van der Waals surface area contributed by atoms with Crippen LogP contribution in [-0.2, 0) is 0 Å². The summed E-state index contributed by atoms with van der Waals surface area (Å²) < 4.78 is 11.0. The van der Waals surface area contributed by atoms with Crippen molar-refractivity contribution in [2.24, 2.45) is 5.92 Å². The zero-order valence-electron chi connectivity index (χ0n) is 10.1. The van der Waals surface area contributed by atoms with E-state index >= 15 is 0 Å². The van der Waals surface area contributed by atoms with Crippen molar-refractivity contribution >= 4 is 11.6 Å². The van der Waals surface area contributed by atoms with E-state index in [0.717, 1.165) is 12.8 Å². The van der Waals surface area contributed by atoms with Crippen LogP contribution in [0.5, 0.6) is 11.6 Å². The maximum atomic E-state index is 5.92. The second-order valence-corrected chi connectivity index (χ2v) is 4.87. The summed E-state index contributed by atoms with van der Waals surface area (Å²) in [4.78, 5) is 7.95. The van der Waals surface area contributed by atoms with Crippen molar-refractivity contribution in [3.05, 3.63) is 11.5 Å². The highest BCUT2D eigenvalue weighted by molar-refractivity contribution is 6.31. The Bertz CT molecular complexity index is 387. The van der Waals surface area contributed by atoms with Crippen LogP contribution in [0.15, 0.2) is 6.33 Å². The quantitative estimate of drug-likeness (QED) is 0.780. The van der Waals surface area contributed by atoms with Crippen LogP contribution in [0.25, 0.3) is 0 Å². The van der Waals surface area contributed by atoms with Gasteiger partial charge in [0, 0.05) is 0 Å². The van der Waals surface area contributed by atoms with Crippen LogP contribution < -0.4 is 9.47 Å². The molecule has 1 aromatic heterocycles. The molecule has 1 fully saturated rings. The number of hydrogen-bond acceptors (Lipinski definition) is 4. The molecule has 2 rings (SSSR count). The number of halogens is 1. The van der Waals surface area contributed by atoms with E-state index in [9.17, 15) is 0 Å². The normalized spacial score (nSPS) is 24.4. The zero-order valence-corrected chi connectivity index (χ0v) is 10.9. The standard InChI is InChI=1S/C12H17ClN2O2/c1-8-4-3-5-9(6-8)17-12-10(16-2)11(13)14-7-15-12/h7-9H,3-6H2,1-2H3. The molecule has 0 aliphatic heterocycles. The average molecular weight is 257 g/mol. The minimum Gasteiger partial charge on any atom is -0.489 e. The van der Waals surface area contributed by atoms with Crippen molar-refractivity contribution in [1.82, 2.24) is 9.97 Å². The van der Waals surface area contributed by atoms with Gasteiger partial charge in [-0.15, -0.1) is 0 Å². The Balaban J connectivity index is 2.10. The lowest BCUT2D eigenvalue weighted by atomic mass is 9.89. The fourth-order valence-electron chi connectivity index (χ4n) is 2.24. The third-order valence-corrected chi connectivity index (χ3v) is 3.37. The van der Waals surface area contributed by atoms with E-state index in [2.05, 4.69) is 16.9 Å². The van der Waals surface area contributed by atoms with Crippen LogP contribution in [0.2, 0.25) is 5.15 Å². The van der Waals surface area contributed by atoms with Gasteiger partial charge in [-0.3, -0.25) is 0 Å². The van der Waals surface area contributed by atoms with Gasteiger partial charge in [-0.05, 0) is 25.2 Å². The summed E-state index contributed by atoms with van der Waals surface area (Å²) in [5.74, 6) is 1.58. The van der Waals surface area contributed by atoms with Gasteiger partial charge >= 0.3 is 0 Å². The van der Waals surface area contributed by atoms with Crippen molar-refractivity contribution in [3.63, 3.8) is 0 Å². The van der Waals surface area contributed by atoms with Gasteiger partial charge in [-0.1, -0.05) is 24.9 Å². The fourth-order valence-corrected chi connectivity index (χ4v) is 2.44. The lowest BCUT2D eigenvalue weighted by Gasteiger charge is -2.27. The molecule has 0 radical (unpaired) electrons. The minimum atomic E-state index is 0.207. The first-order valence-electron chi connectivity index (χ1n) is 5.92. The van der Waals surface area contributed by atoms with Crippen molar-refractivity contribution in [3.8, 4) is 11.6 Å². The first-order chi connectivity index (χ1) is 8.20. The Hall–Kier alpha value is -1.03. The highest BCUT2D eigenvalue weighted by Gasteiger charge is 2.23. The molecule has 2 atom stereocenters. The highest BCUT2D eigenvalue weighted by Crippen LogP contribution is 2.34. The van der Waals surface area contributed by atoms with Gasteiger partial charge in [-0.2, -0.15) is 4.98 Å². The molecular weight excluding hydrogens is 240 g/mol. The molecule has 2 unspecified atom stereocenters. The predicted molar refractivity (Wildman–Crippen MR) is 65.6 cm³/mol. The molecule has 0 N–H and O–H groups in total. The lowest BCUT2D eigenvalue weighted by Crippen LogP contribution is -2.24. The second kappa shape index (κ2) is 5.54. The van der Waals surface area contributed by atoms with Crippen LogP contribution in [0, 0.1) is 5.92 Å². The van der Waals surface area contributed by atoms with E-state index in [4.69, 9.17) is 21.1 Å². The van der Waals surface area contributed by atoms with Crippen LogP contribution in [0.4, 0.5) is 0 Å².